The first kappa shape index (κ1) is 10.7. The molecule has 0 spiro atoms. The number of amides is 1. The van der Waals surface area contributed by atoms with Gasteiger partial charge >= 0.3 is 6.09 Å². The number of aliphatic hydroxyl groups excluding tert-OH is 1. The van der Waals surface area contributed by atoms with Crippen molar-refractivity contribution < 1.29 is 14.6 Å². The Morgan fingerprint density at radius 2 is 2.00 bits per heavy atom. The summed E-state index contributed by atoms with van der Waals surface area (Å²) in [6.45, 7) is 2.40. The number of methoxy groups -OCH3 is 1. The average molecular weight is 214 g/mol. The first-order chi connectivity index (χ1) is 7.26. The Labute approximate surface area is 89.6 Å². The number of nitrogens with zero attached hydrogens (tertiary/aromatic N) is 2. The van der Waals surface area contributed by atoms with E-state index in [0.29, 0.717) is 12.1 Å². The molecule has 0 aromatic rings. The predicted molar refractivity (Wildman–Crippen MR) is 54.6 cm³/mol. The van der Waals surface area contributed by atoms with E-state index in [0.717, 1.165) is 32.5 Å². The summed E-state index contributed by atoms with van der Waals surface area (Å²) in [4.78, 5) is 15.5. The molecule has 5 heteroatoms. The molecule has 2 bridgehead atoms. The van der Waals surface area contributed by atoms with Crippen LogP contribution in [0.15, 0.2) is 0 Å². The second-order valence-electron chi connectivity index (χ2n) is 4.22. The van der Waals surface area contributed by atoms with Gasteiger partial charge in [0.2, 0.25) is 0 Å². The van der Waals surface area contributed by atoms with E-state index >= 15 is 0 Å². The maximum Gasteiger partial charge on any atom is 0.409 e. The minimum atomic E-state index is -0.226. The van der Waals surface area contributed by atoms with Gasteiger partial charge in [0.1, 0.15) is 0 Å². The van der Waals surface area contributed by atoms with Crippen molar-refractivity contribution in [2.45, 2.75) is 24.9 Å². The molecule has 2 fully saturated rings. The van der Waals surface area contributed by atoms with Crippen molar-refractivity contribution in [3.05, 3.63) is 0 Å². The molecule has 2 heterocycles. The van der Waals surface area contributed by atoms with Crippen LogP contribution in [0.25, 0.3) is 0 Å². The molecule has 0 aliphatic carbocycles. The standard InChI is InChI=1S/C10H18N2O3/c1-15-10(14)11-6-8-2-3-9(7-11)12(8)4-5-13/h8-9,13H,2-7H2,1H3. The molecular weight excluding hydrogens is 196 g/mol. The highest BCUT2D eigenvalue weighted by atomic mass is 16.5. The van der Waals surface area contributed by atoms with Crippen LogP contribution in [-0.4, -0.2) is 66.4 Å². The van der Waals surface area contributed by atoms with Crippen molar-refractivity contribution >= 4 is 6.09 Å². The number of ether oxygens (including phenoxy) is 1. The number of rotatable bonds is 2. The van der Waals surface area contributed by atoms with E-state index < -0.39 is 0 Å². The van der Waals surface area contributed by atoms with Crippen LogP contribution >= 0.6 is 0 Å². The average Bonchev–Trinajstić information content (AvgIpc) is 2.51. The third kappa shape index (κ3) is 1.94. The number of piperazine rings is 1. The number of hydrogen-bond acceptors (Lipinski definition) is 4. The van der Waals surface area contributed by atoms with Gasteiger partial charge in [-0.05, 0) is 12.8 Å². The molecule has 5 nitrogen and oxygen atoms in total. The van der Waals surface area contributed by atoms with E-state index in [1.54, 1.807) is 4.90 Å². The Balaban J connectivity index is 1.98. The van der Waals surface area contributed by atoms with Gasteiger partial charge in [-0.25, -0.2) is 4.79 Å². The molecule has 0 saturated carbocycles. The number of fused-ring (bicyclic) bond motifs is 2. The first-order valence-corrected chi connectivity index (χ1v) is 5.45. The summed E-state index contributed by atoms with van der Waals surface area (Å²) in [6.07, 6.45) is 2.02. The minimum absolute atomic E-state index is 0.200. The molecular formula is C10H18N2O3. The summed E-state index contributed by atoms with van der Waals surface area (Å²) in [5.41, 5.74) is 0. The third-order valence-electron chi connectivity index (χ3n) is 3.42. The van der Waals surface area contributed by atoms with E-state index in [9.17, 15) is 4.79 Å². The van der Waals surface area contributed by atoms with Gasteiger partial charge in [0.25, 0.3) is 0 Å². The van der Waals surface area contributed by atoms with Gasteiger partial charge in [0, 0.05) is 31.7 Å². The normalized spacial score (nSPS) is 30.7. The van der Waals surface area contributed by atoms with Crippen molar-refractivity contribution in [3.63, 3.8) is 0 Å². The van der Waals surface area contributed by atoms with Crippen molar-refractivity contribution in [1.29, 1.82) is 0 Å². The zero-order valence-corrected chi connectivity index (χ0v) is 9.06. The first-order valence-electron chi connectivity index (χ1n) is 5.45. The number of hydrogen-bond donors (Lipinski definition) is 1. The summed E-state index contributed by atoms with van der Waals surface area (Å²) in [5, 5.41) is 8.96. The van der Waals surface area contributed by atoms with Crippen molar-refractivity contribution in [1.82, 2.24) is 9.80 Å². The van der Waals surface area contributed by atoms with E-state index in [4.69, 9.17) is 9.84 Å². The van der Waals surface area contributed by atoms with Gasteiger partial charge in [0.05, 0.1) is 13.7 Å². The zero-order valence-electron chi connectivity index (χ0n) is 9.06. The highest BCUT2D eigenvalue weighted by molar-refractivity contribution is 5.67. The number of carbonyl (C=O) groups excluding carboxylic acids is 1. The number of aliphatic hydroxyl groups is 1. The molecule has 0 aromatic carbocycles. The fraction of sp³-hybridized carbons (Fsp3) is 0.900. The van der Waals surface area contributed by atoms with Gasteiger partial charge in [-0.2, -0.15) is 0 Å². The summed E-state index contributed by atoms with van der Waals surface area (Å²) in [7, 11) is 1.42. The van der Waals surface area contributed by atoms with E-state index in [-0.39, 0.29) is 12.7 Å². The molecule has 1 N–H and O–H groups in total. The summed E-state index contributed by atoms with van der Waals surface area (Å²) >= 11 is 0. The van der Waals surface area contributed by atoms with Crippen LogP contribution in [0.5, 0.6) is 0 Å². The largest absolute Gasteiger partial charge is 0.453 e. The minimum Gasteiger partial charge on any atom is -0.453 e. The fourth-order valence-electron chi connectivity index (χ4n) is 2.75. The van der Waals surface area contributed by atoms with Gasteiger partial charge < -0.3 is 14.7 Å². The Morgan fingerprint density at radius 1 is 1.40 bits per heavy atom. The molecule has 2 atom stereocenters. The predicted octanol–water partition coefficient (Wildman–Crippen LogP) is -0.106. The fourth-order valence-corrected chi connectivity index (χ4v) is 2.75. The molecule has 2 saturated heterocycles. The van der Waals surface area contributed by atoms with Gasteiger partial charge in [-0.3, -0.25) is 4.90 Å². The Morgan fingerprint density at radius 3 is 2.47 bits per heavy atom. The quantitative estimate of drug-likeness (QED) is 0.697. The van der Waals surface area contributed by atoms with Crippen molar-refractivity contribution in [2.75, 3.05) is 33.4 Å². The molecule has 15 heavy (non-hydrogen) atoms. The van der Waals surface area contributed by atoms with E-state index in [1.807, 2.05) is 0 Å². The zero-order chi connectivity index (χ0) is 10.8. The lowest BCUT2D eigenvalue weighted by atomic mass is 10.2. The SMILES string of the molecule is COC(=O)N1CC2CCC(C1)N2CCO. The lowest BCUT2D eigenvalue weighted by Gasteiger charge is -2.39. The summed E-state index contributed by atoms with van der Waals surface area (Å²) in [6, 6.07) is 0.824. The van der Waals surface area contributed by atoms with Crippen LogP contribution in [0.2, 0.25) is 0 Å². The molecule has 2 unspecified atom stereocenters. The van der Waals surface area contributed by atoms with Crippen LogP contribution in [0.1, 0.15) is 12.8 Å². The maximum atomic E-state index is 11.4. The topological polar surface area (TPSA) is 53.0 Å². The van der Waals surface area contributed by atoms with E-state index in [2.05, 4.69) is 4.90 Å². The number of likely N-dealkylation sites (tertiary alicyclic amines) is 1. The van der Waals surface area contributed by atoms with Gasteiger partial charge in [0.15, 0.2) is 0 Å². The molecule has 2 aliphatic heterocycles. The molecule has 0 aromatic heterocycles. The summed E-state index contributed by atoms with van der Waals surface area (Å²) in [5.74, 6) is 0. The van der Waals surface area contributed by atoms with Crippen LogP contribution in [-0.2, 0) is 4.74 Å². The smallest absolute Gasteiger partial charge is 0.409 e. The Hall–Kier alpha value is -0.810. The summed E-state index contributed by atoms with van der Waals surface area (Å²) < 4.78 is 4.73. The van der Waals surface area contributed by atoms with Crippen molar-refractivity contribution in [3.8, 4) is 0 Å². The van der Waals surface area contributed by atoms with Gasteiger partial charge in [-0.15, -0.1) is 0 Å². The Kier molecular flexibility index (Phi) is 3.11. The lowest BCUT2D eigenvalue weighted by molar-refractivity contribution is 0.0456. The van der Waals surface area contributed by atoms with Crippen LogP contribution < -0.4 is 0 Å². The van der Waals surface area contributed by atoms with Crippen molar-refractivity contribution in [2.24, 2.45) is 0 Å². The highest BCUT2D eigenvalue weighted by Gasteiger charge is 2.41. The van der Waals surface area contributed by atoms with E-state index in [1.165, 1.54) is 7.11 Å². The third-order valence-corrected chi connectivity index (χ3v) is 3.42. The molecule has 2 aliphatic rings. The van der Waals surface area contributed by atoms with Crippen LogP contribution in [0.3, 0.4) is 0 Å². The maximum absolute atomic E-state index is 11.4. The second kappa shape index (κ2) is 4.37. The molecule has 86 valence electrons. The highest BCUT2D eigenvalue weighted by Crippen LogP contribution is 2.29. The Bertz CT molecular complexity index is 233. The molecule has 2 rings (SSSR count). The van der Waals surface area contributed by atoms with Crippen LogP contribution in [0, 0.1) is 0 Å². The molecule has 0 radical (unpaired) electrons. The van der Waals surface area contributed by atoms with Gasteiger partial charge in [-0.1, -0.05) is 0 Å². The monoisotopic (exact) mass is 214 g/mol. The van der Waals surface area contributed by atoms with Crippen LogP contribution in [0.4, 0.5) is 4.79 Å². The number of carbonyl (C=O) groups is 1. The second-order valence-corrected chi connectivity index (χ2v) is 4.22. The lowest BCUT2D eigenvalue weighted by Crippen LogP contribution is -2.55. The molecule has 1 amide bonds.